The summed E-state index contributed by atoms with van der Waals surface area (Å²) in [5.74, 6) is 0.233. The molecule has 5 nitrogen and oxygen atoms in total. The van der Waals surface area contributed by atoms with Crippen molar-refractivity contribution in [2.24, 2.45) is 5.73 Å². The molecule has 2 heterocycles. The number of aromatic nitrogens is 2. The molecule has 2 aromatic rings. The maximum absolute atomic E-state index is 13.5. The van der Waals surface area contributed by atoms with Crippen molar-refractivity contribution >= 4 is 11.6 Å². The number of halogens is 1. The molecule has 0 saturated carbocycles. The number of imidazole rings is 1. The van der Waals surface area contributed by atoms with E-state index in [0.717, 1.165) is 35.6 Å². The largest absolute Gasteiger partial charge is 0.344 e. The second-order valence-corrected chi connectivity index (χ2v) is 5.50. The van der Waals surface area contributed by atoms with Crippen molar-refractivity contribution in [3.63, 3.8) is 0 Å². The molecule has 3 N–H and O–H groups in total. The van der Waals surface area contributed by atoms with Gasteiger partial charge in [0.15, 0.2) is 0 Å². The maximum Gasteiger partial charge on any atom is 0.241 e. The number of fused-ring (bicyclic) bond motifs is 1. The Morgan fingerprint density at radius 2 is 2.36 bits per heavy atom. The van der Waals surface area contributed by atoms with Gasteiger partial charge in [0.2, 0.25) is 5.91 Å². The highest BCUT2D eigenvalue weighted by atomic mass is 19.1. The lowest BCUT2D eigenvalue weighted by atomic mass is 10.1. The first-order chi connectivity index (χ1) is 10.6. The minimum Gasteiger partial charge on any atom is -0.344 e. The third-order valence-corrected chi connectivity index (χ3v) is 3.95. The predicted octanol–water partition coefficient (Wildman–Crippen LogP) is 2.09. The summed E-state index contributed by atoms with van der Waals surface area (Å²) in [6.07, 6.45) is 4.26. The molecule has 1 amide bonds. The van der Waals surface area contributed by atoms with Crippen molar-refractivity contribution in [1.82, 2.24) is 9.97 Å². The van der Waals surface area contributed by atoms with E-state index in [1.54, 1.807) is 17.2 Å². The van der Waals surface area contributed by atoms with Crippen LogP contribution >= 0.6 is 0 Å². The van der Waals surface area contributed by atoms with Gasteiger partial charge in [-0.15, -0.1) is 0 Å². The van der Waals surface area contributed by atoms with Crippen LogP contribution in [0, 0.1) is 5.82 Å². The monoisotopic (exact) mass is 302 g/mol. The molecule has 0 unspecified atom stereocenters. The van der Waals surface area contributed by atoms with Gasteiger partial charge in [-0.05, 0) is 30.2 Å². The number of benzene rings is 1. The SMILES string of the molecule is CCCc1cnc([C@@H]2Cc3cc(F)ccc3N2C(=O)CN)[nH]1. The van der Waals surface area contributed by atoms with Crippen molar-refractivity contribution in [2.45, 2.75) is 32.2 Å². The van der Waals surface area contributed by atoms with Crippen LogP contribution in [0.1, 0.15) is 36.5 Å². The minimum absolute atomic E-state index is 0.0875. The number of nitrogens with zero attached hydrogens (tertiary/aromatic N) is 2. The van der Waals surface area contributed by atoms with Crippen molar-refractivity contribution < 1.29 is 9.18 Å². The van der Waals surface area contributed by atoms with E-state index in [1.165, 1.54) is 12.1 Å². The summed E-state index contributed by atoms with van der Waals surface area (Å²) >= 11 is 0. The second-order valence-electron chi connectivity index (χ2n) is 5.50. The molecule has 22 heavy (non-hydrogen) atoms. The van der Waals surface area contributed by atoms with E-state index >= 15 is 0 Å². The van der Waals surface area contributed by atoms with Crippen LogP contribution in [-0.4, -0.2) is 22.4 Å². The third kappa shape index (κ3) is 2.50. The van der Waals surface area contributed by atoms with E-state index in [0.29, 0.717) is 6.42 Å². The first-order valence-electron chi connectivity index (χ1n) is 7.48. The van der Waals surface area contributed by atoms with Gasteiger partial charge in [-0.25, -0.2) is 9.37 Å². The Kier molecular flexibility index (Phi) is 3.94. The van der Waals surface area contributed by atoms with E-state index in [9.17, 15) is 9.18 Å². The number of hydrogen-bond acceptors (Lipinski definition) is 3. The van der Waals surface area contributed by atoms with E-state index in [2.05, 4.69) is 16.9 Å². The second kappa shape index (κ2) is 5.88. The molecule has 0 fully saturated rings. The summed E-state index contributed by atoms with van der Waals surface area (Å²) < 4.78 is 13.5. The van der Waals surface area contributed by atoms with Crippen LogP contribution in [0.3, 0.4) is 0 Å². The van der Waals surface area contributed by atoms with Crippen molar-refractivity contribution in [3.05, 3.63) is 47.3 Å². The fourth-order valence-electron chi connectivity index (χ4n) is 2.99. The zero-order valence-corrected chi connectivity index (χ0v) is 12.5. The molecular weight excluding hydrogens is 283 g/mol. The molecule has 1 aliphatic rings. The fourth-order valence-corrected chi connectivity index (χ4v) is 2.99. The number of amides is 1. The number of rotatable bonds is 4. The van der Waals surface area contributed by atoms with Gasteiger partial charge in [-0.3, -0.25) is 4.79 Å². The molecule has 0 bridgehead atoms. The van der Waals surface area contributed by atoms with E-state index in [-0.39, 0.29) is 24.3 Å². The van der Waals surface area contributed by atoms with Gasteiger partial charge >= 0.3 is 0 Å². The van der Waals surface area contributed by atoms with E-state index in [1.807, 2.05) is 0 Å². The molecule has 1 aromatic heterocycles. The van der Waals surface area contributed by atoms with E-state index in [4.69, 9.17) is 5.73 Å². The van der Waals surface area contributed by atoms with Crippen LogP contribution in [0.2, 0.25) is 0 Å². The molecule has 1 aliphatic heterocycles. The molecule has 0 radical (unpaired) electrons. The van der Waals surface area contributed by atoms with Gasteiger partial charge in [0.05, 0.1) is 12.6 Å². The van der Waals surface area contributed by atoms with Crippen LogP contribution in [0.15, 0.2) is 24.4 Å². The Labute approximate surface area is 128 Å². The Morgan fingerprint density at radius 1 is 1.55 bits per heavy atom. The minimum atomic E-state index is -0.300. The molecule has 0 aliphatic carbocycles. The van der Waals surface area contributed by atoms with Crippen molar-refractivity contribution in [2.75, 3.05) is 11.4 Å². The van der Waals surface area contributed by atoms with Crippen LogP contribution in [0.4, 0.5) is 10.1 Å². The van der Waals surface area contributed by atoms with Crippen LogP contribution < -0.4 is 10.6 Å². The number of hydrogen-bond donors (Lipinski definition) is 2. The summed E-state index contributed by atoms with van der Waals surface area (Å²) in [6, 6.07) is 4.22. The number of nitrogens with two attached hydrogens (primary N) is 1. The molecule has 1 aromatic carbocycles. The number of carbonyl (C=O) groups excluding carboxylic acids is 1. The van der Waals surface area contributed by atoms with Crippen LogP contribution in [0.5, 0.6) is 0 Å². The number of aryl methyl sites for hydroxylation is 1. The van der Waals surface area contributed by atoms with Crippen molar-refractivity contribution in [3.8, 4) is 0 Å². The van der Waals surface area contributed by atoms with Gasteiger partial charge in [0, 0.05) is 24.0 Å². The van der Waals surface area contributed by atoms with Gasteiger partial charge < -0.3 is 15.6 Å². The number of nitrogens with one attached hydrogen (secondary N) is 1. The lowest BCUT2D eigenvalue weighted by Gasteiger charge is -2.23. The number of aromatic amines is 1. The maximum atomic E-state index is 13.5. The number of carbonyl (C=O) groups is 1. The lowest BCUT2D eigenvalue weighted by molar-refractivity contribution is -0.117. The van der Waals surface area contributed by atoms with Gasteiger partial charge in [-0.2, -0.15) is 0 Å². The summed E-state index contributed by atoms with van der Waals surface area (Å²) in [6.45, 7) is 2.01. The Balaban J connectivity index is 1.98. The van der Waals surface area contributed by atoms with E-state index < -0.39 is 0 Å². The highest BCUT2D eigenvalue weighted by molar-refractivity contribution is 5.97. The highest BCUT2D eigenvalue weighted by Crippen LogP contribution is 2.39. The third-order valence-electron chi connectivity index (χ3n) is 3.95. The van der Waals surface area contributed by atoms with Gasteiger partial charge in [0.25, 0.3) is 0 Å². The Hall–Kier alpha value is -2.21. The molecule has 6 heteroatoms. The first kappa shape index (κ1) is 14.7. The fraction of sp³-hybridized carbons (Fsp3) is 0.375. The van der Waals surface area contributed by atoms with Crippen LogP contribution in [0.25, 0.3) is 0 Å². The normalized spacial score (nSPS) is 16.9. The van der Waals surface area contributed by atoms with Gasteiger partial charge in [-0.1, -0.05) is 13.3 Å². The van der Waals surface area contributed by atoms with Crippen LogP contribution in [-0.2, 0) is 17.6 Å². The Bertz CT molecular complexity index is 697. The molecule has 1 atom stereocenters. The average Bonchev–Trinajstić information content (AvgIpc) is 3.10. The molecule has 3 rings (SSSR count). The zero-order chi connectivity index (χ0) is 15.7. The predicted molar refractivity (Wildman–Crippen MR) is 82.0 cm³/mol. The molecule has 0 saturated heterocycles. The average molecular weight is 302 g/mol. The van der Waals surface area contributed by atoms with Crippen molar-refractivity contribution in [1.29, 1.82) is 0 Å². The Morgan fingerprint density at radius 3 is 3.09 bits per heavy atom. The first-order valence-corrected chi connectivity index (χ1v) is 7.48. The smallest absolute Gasteiger partial charge is 0.241 e. The summed E-state index contributed by atoms with van der Waals surface area (Å²) in [4.78, 5) is 21.6. The molecule has 0 spiro atoms. The summed E-state index contributed by atoms with van der Waals surface area (Å²) in [5.41, 5.74) is 8.10. The zero-order valence-electron chi connectivity index (χ0n) is 12.5. The standard InChI is InChI=1S/C16H19FN4O/c1-2-3-12-9-19-16(20-12)14-7-10-6-11(17)4-5-13(10)21(14)15(22)8-18/h4-6,9,14H,2-3,7-8,18H2,1H3,(H,19,20)/t14-/m0/s1. The van der Waals surface area contributed by atoms with Gasteiger partial charge in [0.1, 0.15) is 11.6 Å². The number of anilines is 1. The highest BCUT2D eigenvalue weighted by Gasteiger charge is 2.36. The molecule has 116 valence electrons. The summed E-state index contributed by atoms with van der Waals surface area (Å²) in [5, 5.41) is 0. The summed E-state index contributed by atoms with van der Waals surface area (Å²) in [7, 11) is 0. The topological polar surface area (TPSA) is 75.0 Å². The molecular formula is C16H19FN4O. The quantitative estimate of drug-likeness (QED) is 0.908. The number of H-pyrrole nitrogens is 1. The lowest BCUT2D eigenvalue weighted by Crippen LogP contribution is -2.37.